The quantitative estimate of drug-likeness (QED) is 0.907. The van der Waals surface area contributed by atoms with Gasteiger partial charge >= 0.3 is 0 Å². The van der Waals surface area contributed by atoms with Gasteiger partial charge in [-0.25, -0.2) is 0 Å². The second-order valence-corrected chi connectivity index (χ2v) is 5.43. The Morgan fingerprint density at radius 3 is 2.89 bits per heavy atom. The standard InChI is InChI=1S/C16H23NO2/c1-2-14-12(11-13-5-3-8-17-13)6-7-15-16(14)19-10-4-9-18-15/h6-7,13,17H,2-5,8-11H2,1H3. The van der Waals surface area contributed by atoms with E-state index in [1.807, 2.05) is 0 Å². The SMILES string of the molecule is CCc1c(CC2CCCN2)ccc2c1OCCCO2. The fourth-order valence-electron chi connectivity index (χ4n) is 3.11. The number of rotatable bonds is 3. The maximum Gasteiger partial charge on any atom is 0.164 e. The zero-order chi connectivity index (χ0) is 13.1. The minimum absolute atomic E-state index is 0.634. The number of hydrogen-bond donors (Lipinski definition) is 1. The van der Waals surface area contributed by atoms with Crippen molar-refractivity contribution in [3.63, 3.8) is 0 Å². The molecule has 1 unspecified atom stereocenters. The van der Waals surface area contributed by atoms with Crippen molar-refractivity contribution < 1.29 is 9.47 Å². The molecule has 1 aromatic rings. The summed E-state index contributed by atoms with van der Waals surface area (Å²) in [5.41, 5.74) is 2.76. The highest BCUT2D eigenvalue weighted by Crippen LogP contribution is 2.36. The van der Waals surface area contributed by atoms with E-state index in [4.69, 9.17) is 9.47 Å². The molecule has 0 bridgehead atoms. The molecule has 0 aromatic heterocycles. The summed E-state index contributed by atoms with van der Waals surface area (Å²) in [7, 11) is 0. The first-order chi connectivity index (χ1) is 9.38. The van der Waals surface area contributed by atoms with Crippen LogP contribution in [0.1, 0.15) is 37.3 Å². The zero-order valence-corrected chi connectivity index (χ0v) is 11.7. The monoisotopic (exact) mass is 261 g/mol. The Kier molecular flexibility index (Phi) is 3.92. The largest absolute Gasteiger partial charge is 0.490 e. The van der Waals surface area contributed by atoms with Crippen LogP contribution in [0.3, 0.4) is 0 Å². The van der Waals surface area contributed by atoms with E-state index in [2.05, 4.69) is 24.4 Å². The summed E-state index contributed by atoms with van der Waals surface area (Å²) < 4.78 is 11.7. The predicted molar refractivity (Wildman–Crippen MR) is 76.2 cm³/mol. The molecule has 2 aliphatic rings. The van der Waals surface area contributed by atoms with E-state index in [9.17, 15) is 0 Å². The van der Waals surface area contributed by atoms with Crippen molar-refractivity contribution in [3.8, 4) is 11.5 Å². The molecule has 1 fully saturated rings. The van der Waals surface area contributed by atoms with E-state index in [1.165, 1.54) is 24.0 Å². The molecular weight excluding hydrogens is 238 g/mol. The number of hydrogen-bond acceptors (Lipinski definition) is 3. The van der Waals surface area contributed by atoms with Crippen LogP contribution in [0.5, 0.6) is 11.5 Å². The molecule has 2 aliphatic heterocycles. The summed E-state index contributed by atoms with van der Waals surface area (Å²) in [6, 6.07) is 4.95. The van der Waals surface area contributed by atoms with Crippen LogP contribution in [0.25, 0.3) is 0 Å². The first kappa shape index (κ1) is 12.8. The van der Waals surface area contributed by atoms with E-state index in [-0.39, 0.29) is 0 Å². The van der Waals surface area contributed by atoms with E-state index in [1.54, 1.807) is 0 Å². The Bertz CT molecular complexity index is 439. The van der Waals surface area contributed by atoms with Gasteiger partial charge in [0.1, 0.15) is 0 Å². The van der Waals surface area contributed by atoms with Gasteiger partial charge in [0.05, 0.1) is 13.2 Å². The van der Waals surface area contributed by atoms with Gasteiger partial charge in [0.15, 0.2) is 11.5 Å². The number of nitrogens with one attached hydrogen (secondary N) is 1. The molecule has 0 aliphatic carbocycles. The Balaban J connectivity index is 1.88. The van der Waals surface area contributed by atoms with E-state index in [0.29, 0.717) is 6.04 Å². The van der Waals surface area contributed by atoms with Gasteiger partial charge in [0.25, 0.3) is 0 Å². The third kappa shape index (κ3) is 2.71. The van der Waals surface area contributed by atoms with Gasteiger partial charge in [-0.15, -0.1) is 0 Å². The van der Waals surface area contributed by atoms with Crippen molar-refractivity contribution in [3.05, 3.63) is 23.3 Å². The van der Waals surface area contributed by atoms with Crippen molar-refractivity contribution in [2.75, 3.05) is 19.8 Å². The highest BCUT2D eigenvalue weighted by atomic mass is 16.5. The van der Waals surface area contributed by atoms with Gasteiger partial charge in [-0.2, -0.15) is 0 Å². The minimum Gasteiger partial charge on any atom is -0.490 e. The second-order valence-electron chi connectivity index (χ2n) is 5.43. The van der Waals surface area contributed by atoms with Crippen LogP contribution in [0.4, 0.5) is 0 Å². The molecule has 1 aromatic carbocycles. The lowest BCUT2D eigenvalue weighted by Gasteiger charge is -2.18. The zero-order valence-electron chi connectivity index (χ0n) is 11.7. The molecule has 104 valence electrons. The Morgan fingerprint density at radius 2 is 2.11 bits per heavy atom. The van der Waals surface area contributed by atoms with Crippen LogP contribution >= 0.6 is 0 Å². The van der Waals surface area contributed by atoms with Gasteiger partial charge < -0.3 is 14.8 Å². The molecule has 3 rings (SSSR count). The van der Waals surface area contributed by atoms with Crippen molar-refractivity contribution >= 4 is 0 Å². The number of benzene rings is 1. The maximum atomic E-state index is 5.93. The minimum atomic E-state index is 0.634. The second kappa shape index (κ2) is 5.83. The fraction of sp³-hybridized carbons (Fsp3) is 0.625. The number of fused-ring (bicyclic) bond motifs is 1. The average Bonchev–Trinajstić information content (AvgIpc) is 2.82. The van der Waals surface area contributed by atoms with Crippen molar-refractivity contribution in [1.29, 1.82) is 0 Å². The van der Waals surface area contributed by atoms with Crippen LogP contribution in [-0.4, -0.2) is 25.8 Å². The lowest BCUT2D eigenvalue weighted by atomic mass is 9.96. The Labute approximate surface area is 115 Å². The van der Waals surface area contributed by atoms with Crippen LogP contribution in [0.2, 0.25) is 0 Å². The summed E-state index contributed by atoms with van der Waals surface area (Å²) in [4.78, 5) is 0. The lowest BCUT2D eigenvalue weighted by Crippen LogP contribution is -2.24. The van der Waals surface area contributed by atoms with Crippen molar-refractivity contribution in [2.24, 2.45) is 0 Å². The van der Waals surface area contributed by atoms with E-state index < -0.39 is 0 Å². The van der Waals surface area contributed by atoms with Crippen LogP contribution in [0, 0.1) is 0 Å². The van der Waals surface area contributed by atoms with Crippen molar-refractivity contribution in [2.45, 2.75) is 45.1 Å². The molecular formula is C16H23NO2. The Morgan fingerprint density at radius 1 is 1.21 bits per heavy atom. The highest BCUT2D eigenvalue weighted by Gasteiger charge is 2.20. The third-order valence-electron chi connectivity index (χ3n) is 4.10. The molecule has 3 nitrogen and oxygen atoms in total. The molecule has 0 spiro atoms. The summed E-state index contributed by atoms with van der Waals surface area (Å²) >= 11 is 0. The van der Waals surface area contributed by atoms with Gasteiger partial charge in [0.2, 0.25) is 0 Å². The summed E-state index contributed by atoms with van der Waals surface area (Å²) in [6.07, 6.45) is 5.68. The molecule has 1 saturated heterocycles. The molecule has 3 heteroatoms. The lowest BCUT2D eigenvalue weighted by molar-refractivity contribution is 0.296. The maximum absolute atomic E-state index is 5.93. The van der Waals surface area contributed by atoms with Crippen LogP contribution < -0.4 is 14.8 Å². The molecule has 19 heavy (non-hydrogen) atoms. The van der Waals surface area contributed by atoms with Gasteiger partial charge in [-0.1, -0.05) is 13.0 Å². The highest BCUT2D eigenvalue weighted by molar-refractivity contribution is 5.51. The molecule has 2 heterocycles. The topological polar surface area (TPSA) is 30.5 Å². The van der Waals surface area contributed by atoms with Gasteiger partial charge in [0, 0.05) is 18.0 Å². The summed E-state index contributed by atoms with van der Waals surface area (Å²) in [5, 5.41) is 3.58. The van der Waals surface area contributed by atoms with Crippen LogP contribution in [0.15, 0.2) is 12.1 Å². The molecule has 0 saturated carbocycles. The average molecular weight is 261 g/mol. The van der Waals surface area contributed by atoms with Gasteiger partial charge in [-0.3, -0.25) is 0 Å². The van der Waals surface area contributed by atoms with Gasteiger partial charge in [-0.05, 0) is 43.9 Å². The van der Waals surface area contributed by atoms with Crippen LogP contribution in [-0.2, 0) is 12.8 Å². The molecule has 0 radical (unpaired) electrons. The first-order valence-electron chi connectivity index (χ1n) is 7.52. The molecule has 1 N–H and O–H groups in total. The summed E-state index contributed by atoms with van der Waals surface area (Å²) in [5.74, 6) is 1.92. The summed E-state index contributed by atoms with van der Waals surface area (Å²) in [6.45, 7) is 4.90. The first-order valence-corrected chi connectivity index (χ1v) is 7.52. The smallest absolute Gasteiger partial charge is 0.164 e. The molecule has 1 atom stereocenters. The van der Waals surface area contributed by atoms with E-state index >= 15 is 0 Å². The predicted octanol–water partition coefficient (Wildman–Crippen LogP) is 2.70. The Hall–Kier alpha value is -1.22. The van der Waals surface area contributed by atoms with Crippen molar-refractivity contribution in [1.82, 2.24) is 5.32 Å². The molecule has 0 amide bonds. The fourth-order valence-corrected chi connectivity index (χ4v) is 3.11. The normalized spacial score (nSPS) is 22.3. The van der Waals surface area contributed by atoms with E-state index in [0.717, 1.165) is 50.5 Å². The third-order valence-corrected chi connectivity index (χ3v) is 4.10. The number of ether oxygens (including phenoxy) is 2.